The zero-order valence-electron chi connectivity index (χ0n) is 12.5. The van der Waals surface area contributed by atoms with E-state index in [1.54, 1.807) is 14.0 Å². The minimum Gasteiger partial charge on any atom is -0.417 e. The van der Waals surface area contributed by atoms with Crippen molar-refractivity contribution in [1.29, 1.82) is 0 Å². The maximum Gasteiger partial charge on any atom is 0.222 e. The summed E-state index contributed by atoms with van der Waals surface area (Å²) >= 11 is 0. The third kappa shape index (κ3) is 4.98. The highest BCUT2D eigenvalue weighted by atomic mass is 28.4. The summed E-state index contributed by atoms with van der Waals surface area (Å²) in [6.45, 7) is 10.4. The standard InChI is InChI=1S/C13H27NO3Si/c1-7-9-14-10-13(15,18(5,6)16-4)11-17-12(3)8-2/h12,14-15H,8,10-11H2,1-6H3. The summed E-state index contributed by atoms with van der Waals surface area (Å²) in [6.07, 6.45) is 1.06. The van der Waals surface area contributed by atoms with E-state index in [0.717, 1.165) is 6.42 Å². The normalized spacial score (nSPS) is 16.4. The van der Waals surface area contributed by atoms with Crippen molar-refractivity contribution in [3.63, 3.8) is 0 Å². The van der Waals surface area contributed by atoms with Crippen molar-refractivity contribution in [2.24, 2.45) is 0 Å². The molecule has 4 nitrogen and oxygen atoms in total. The van der Waals surface area contributed by atoms with Crippen molar-refractivity contribution in [3.8, 4) is 12.0 Å². The van der Waals surface area contributed by atoms with Gasteiger partial charge in [-0.3, -0.25) is 0 Å². The number of rotatable bonds is 8. The van der Waals surface area contributed by atoms with Gasteiger partial charge in [0.25, 0.3) is 0 Å². The van der Waals surface area contributed by atoms with E-state index in [2.05, 4.69) is 24.2 Å². The first-order chi connectivity index (χ1) is 8.33. The molecule has 0 aliphatic rings. The van der Waals surface area contributed by atoms with Gasteiger partial charge >= 0.3 is 0 Å². The maximum absolute atomic E-state index is 10.8. The fourth-order valence-electron chi connectivity index (χ4n) is 1.30. The summed E-state index contributed by atoms with van der Waals surface area (Å²) in [5, 5.41) is 12.7. The fraction of sp³-hybridized carbons (Fsp3) is 0.846. The molecule has 0 saturated heterocycles. The molecule has 2 atom stereocenters. The van der Waals surface area contributed by atoms with Gasteiger partial charge in [-0.2, -0.15) is 0 Å². The Hall–Kier alpha value is -0.543. The Kier molecular flexibility index (Phi) is 7.56. The lowest BCUT2D eigenvalue weighted by molar-refractivity contribution is -0.0353. The topological polar surface area (TPSA) is 50.7 Å². The van der Waals surface area contributed by atoms with Crippen molar-refractivity contribution in [1.82, 2.24) is 5.32 Å². The average molecular weight is 273 g/mol. The molecule has 0 rings (SSSR count). The van der Waals surface area contributed by atoms with Gasteiger partial charge < -0.3 is 19.6 Å². The van der Waals surface area contributed by atoms with E-state index in [9.17, 15) is 5.11 Å². The van der Waals surface area contributed by atoms with Gasteiger partial charge in [-0.05, 0) is 33.4 Å². The molecule has 0 aromatic carbocycles. The SMILES string of the molecule is CC#CNCC(O)(COC(C)CC)[Si](C)(C)OC. The second-order valence-corrected chi connectivity index (χ2v) is 9.36. The highest BCUT2D eigenvalue weighted by Gasteiger charge is 2.47. The van der Waals surface area contributed by atoms with Crippen LogP contribution in [0.5, 0.6) is 0 Å². The molecule has 0 heterocycles. The van der Waals surface area contributed by atoms with Crippen LogP contribution < -0.4 is 5.32 Å². The Morgan fingerprint density at radius 1 is 1.44 bits per heavy atom. The fourth-order valence-corrected chi connectivity index (χ4v) is 2.63. The Bertz CT molecular complexity index is 298. The summed E-state index contributed by atoms with van der Waals surface area (Å²) in [5.41, 5.74) is 0. The van der Waals surface area contributed by atoms with Gasteiger partial charge in [-0.25, -0.2) is 0 Å². The van der Waals surface area contributed by atoms with Crippen molar-refractivity contribution in [2.75, 3.05) is 20.3 Å². The van der Waals surface area contributed by atoms with E-state index < -0.39 is 13.5 Å². The van der Waals surface area contributed by atoms with Crippen LogP contribution in [-0.2, 0) is 9.16 Å². The van der Waals surface area contributed by atoms with Crippen molar-refractivity contribution in [2.45, 2.75) is 51.6 Å². The quantitative estimate of drug-likeness (QED) is 0.400. The van der Waals surface area contributed by atoms with Gasteiger partial charge in [0.15, 0.2) is 0 Å². The number of ether oxygens (including phenoxy) is 1. The lowest BCUT2D eigenvalue weighted by atomic mass is 10.3. The van der Waals surface area contributed by atoms with Gasteiger partial charge in [0.2, 0.25) is 8.32 Å². The second-order valence-electron chi connectivity index (χ2n) is 5.00. The van der Waals surface area contributed by atoms with Crippen LogP contribution in [0, 0.1) is 12.0 Å². The zero-order chi connectivity index (χ0) is 14.2. The Labute approximate surface area is 112 Å². The monoisotopic (exact) mass is 273 g/mol. The predicted octanol–water partition coefficient (Wildman–Crippen LogP) is 1.49. The largest absolute Gasteiger partial charge is 0.417 e. The molecule has 0 aromatic rings. The molecule has 0 aliphatic carbocycles. The van der Waals surface area contributed by atoms with E-state index in [0.29, 0.717) is 6.54 Å². The summed E-state index contributed by atoms with van der Waals surface area (Å²) in [7, 11) is -0.615. The molecule has 0 aromatic heterocycles. The maximum atomic E-state index is 10.8. The third-order valence-electron chi connectivity index (χ3n) is 3.41. The average Bonchev–Trinajstić information content (AvgIpc) is 2.36. The minimum absolute atomic E-state index is 0.135. The molecule has 0 bridgehead atoms. The van der Waals surface area contributed by atoms with Gasteiger partial charge in [0.1, 0.15) is 5.22 Å². The lowest BCUT2D eigenvalue weighted by Gasteiger charge is -2.39. The molecule has 0 amide bonds. The molecule has 106 valence electrons. The van der Waals surface area contributed by atoms with E-state index in [-0.39, 0.29) is 12.7 Å². The van der Waals surface area contributed by atoms with Crippen molar-refractivity contribution < 1.29 is 14.3 Å². The Morgan fingerprint density at radius 3 is 2.50 bits per heavy atom. The molecule has 0 fully saturated rings. The summed E-state index contributed by atoms with van der Waals surface area (Å²) in [5.74, 6) is 2.75. The van der Waals surface area contributed by atoms with Crippen LogP contribution in [0.25, 0.3) is 0 Å². The van der Waals surface area contributed by atoms with Gasteiger partial charge in [0, 0.05) is 13.2 Å². The molecule has 2 unspecified atom stereocenters. The van der Waals surface area contributed by atoms with Crippen LogP contribution >= 0.6 is 0 Å². The zero-order valence-corrected chi connectivity index (χ0v) is 13.5. The molecule has 0 saturated carbocycles. The van der Waals surface area contributed by atoms with Crippen molar-refractivity contribution in [3.05, 3.63) is 0 Å². The minimum atomic E-state index is -2.26. The smallest absolute Gasteiger partial charge is 0.222 e. The molecule has 0 radical (unpaired) electrons. The van der Waals surface area contributed by atoms with Gasteiger partial charge in [-0.1, -0.05) is 12.8 Å². The van der Waals surface area contributed by atoms with E-state index >= 15 is 0 Å². The second kappa shape index (κ2) is 7.80. The first-order valence-electron chi connectivity index (χ1n) is 6.36. The lowest BCUT2D eigenvalue weighted by Crippen LogP contribution is -2.63. The molecular weight excluding hydrogens is 246 g/mol. The highest BCUT2D eigenvalue weighted by molar-refractivity contribution is 6.74. The molecule has 18 heavy (non-hydrogen) atoms. The van der Waals surface area contributed by atoms with Crippen LogP contribution in [-0.4, -0.2) is 45.0 Å². The first kappa shape index (κ1) is 17.5. The molecular formula is C13H27NO3Si. The number of aliphatic hydroxyl groups is 1. The number of hydrogen-bond acceptors (Lipinski definition) is 4. The van der Waals surface area contributed by atoms with E-state index in [1.807, 2.05) is 20.0 Å². The van der Waals surface area contributed by atoms with Crippen LogP contribution in [0.3, 0.4) is 0 Å². The summed E-state index contributed by atoms with van der Waals surface area (Å²) in [6, 6.07) is 2.75. The van der Waals surface area contributed by atoms with Gasteiger partial charge in [-0.15, -0.1) is 0 Å². The molecule has 0 aliphatic heterocycles. The Morgan fingerprint density at radius 2 is 2.06 bits per heavy atom. The van der Waals surface area contributed by atoms with Crippen LogP contribution in [0.1, 0.15) is 27.2 Å². The number of nitrogens with one attached hydrogen (secondary N) is 1. The Balaban J connectivity index is 4.72. The first-order valence-corrected chi connectivity index (χ1v) is 9.27. The van der Waals surface area contributed by atoms with Crippen LogP contribution in [0.15, 0.2) is 0 Å². The summed E-state index contributed by atoms with van der Waals surface area (Å²) in [4.78, 5) is 0. The third-order valence-corrected chi connectivity index (χ3v) is 6.99. The number of hydrogen-bond donors (Lipinski definition) is 2. The summed E-state index contributed by atoms with van der Waals surface area (Å²) < 4.78 is 11.2. The van der Waals surface area contributed by atoms with Crippen molar-refractivity contribution >= 4 is 8.32 Å². The molecule has 2 N–H and O–H groups in total. The highest BCUT2D eigenvalue weighted by Crippen LogP contribution is 2.22. The van der Waals surface area contributed by atoms with Gasteiger partial charge in [0.05, 0.1) is 19.3 Å². The van der Waals surface area contributed by atoms with Crippen LogP contribution in [0.4, 0.5) is 0 Å². The molecule has 5 heteroatoms. The predicted molar refractivity (Wildman–Crippen MR) is 76.6 cm³/mol. The van der Waals surface area contributed by atoms with Crippen LogP contribution in [0.2, 0.25) is 13.1 Å². The van der Waals surface area contributed by atoms with E-state index in [1.165, 1.54) is 0 Å². The molecule has 0 spiro atoms. The van der Waals surface area contributed by atoms with E-state index in [4.69, 9.17) is 9.16 Å².